The average Bonchev–Trinajstić information content (AvgIpc) is 2.31. The zero-order valence-electron chi connectivity index (χ0n) is 16.2. The minimum absolute atomic E-state index is 0.112. The molecule has 1 saturated carbocycles. The predicted octanol–water partition coefficient (Wildman–Crippen LogP) is 4.26. The van der Waals surface area contributed by atoms with Crippen LogP contribution in [0.4, 0.5) is 0 Å². The molecule has 0 aromatic heterocycles. The van der Waals surface area contributed by atoms with Crippen molar-refractivity contribution in [1.29, 1.82) is 0 Å². The molecule has 2 aliphatic carbocycles. The van der Waals surface area contributed by atoms with Crippen molar-refractivity contribution in [3.8, 4) is 0 Å². The Bertz CT molecular complexity index is 489. The van der Waals surface area contributed by atoms with Gasteiger partial charge in [0.05, 0.1) is 18.3 Å². The van der Waals surface area contributed by atoms with Gasteiger partial charge in [-0.2, -0.15) is 0 Å². The van der Waals surface area contributed by atoms with E-state index in [1.165, 1.54) is 5.57 Å². The molecule has 0 aliphatic heterocycles. The van der Waals surface area contributed by atoms with E-state index < -0.39 is 20.5 Å². The highest BCUT2D eigenvalue weighted by Crippen LogP contribution is 2.55. The van der Waals surface area contributed by atoms with E-state index in [9.17, 15) is 10.2 Å². The van der Waals surface area contributed by atoms with Crippen molar-refractivity contribution in [2.45, 2.75) is 97.2 Å². The summed E-state index contributed by atoms with van der Waals surface area (Å²) >= 11 is 0. The fourth-order valence-electron chi connectivity index (χ4n) is 3.81. The second-order valence-electron chi connectivity index (χ2n) is 10.3. The maximum atomic E-state index is 10.2. The van der Waals surface area contributed by atoms with Crippen LogP contribution in [0.1, 0.15) is 60.8 Å². The highest BCUT2D eigenvalue weighted by Gasteiger charge is 2.53. The molecule has 0 amide bonds. The molecule has 3 nitrogen and oxygen atoms in total. The van der Waals surface area contributed by atoms with Crippen LogP contribution in [-0.2, 0) is 4.43 Å². The lowest BCUT2D eigenvalue weighted by Crippen LogP contribution is -2.55. The van der Waals surface area contributed by atoms with Crippen molar-refractivity contribution < 1.29 is 14.6 Å². The Morgan fingerprint density at radius 3 is 2.22 bits per heavy atom. The van der Waals surface area contributed by atoms with Gasteiger partial charge in [-0.15, -0.1) is 0 Å². The van der Waals surface area contributed by atoms with E-state index in [0.717, 1.165) is 12.8 Å². The Labute approximate surface area is 143 Å². The molecule has 2 N–H and O–H groups in total. The lowest BCUT2D eigenvalue weighted by molar-refractivity contribution is -0.0576. The third kappa shape index (κ3) is 3.60. The summed E-state index contributed by atoms with van der Waals surface area (Å²) in [6.07, 6.45) is 3.17. The van der Waals surface area contributed by atoms with Gasteiger partial charge in [0.15, 0.2) is 8.32 Å². The van der Waals surface area contributed by atoms with E-state index >= 15 is 0 Å². The molecule has 23 heavy (non-hydrogen) atoms. The lowest BCUT2D eigenvalue weighted by Gasteiger charge is -2.55. The smallest absolute Gasteiger partial charge is 0.192 e. The molecule has 2 unspecified atom stereocenters. The Kier molecular flexibility index (Phi) is 4.74. The van der Waals surface area contributed by atoms with Crippen molar-refractivity contribution in [3.63, 3.8) is 0 Å². The van der Waals surface area contributed by atoms with Gasteiger partial charge in [0.1, 0.15) is 0 Å². The normalized spacial score (nSPS) is 38.0. The maximum absolute atomic E-state index is 10.2. The molecule has 0 radical (unpaired) electrons. The first-order valence-electron chi connectivity index (χ1n) is 8.93. The van der Waals surface area contributed by atoms with Gasteiger partial charge >= 0.3 is 0 Å². The van der Waals surface area contributed by atoms with E-state index in [1.54, 1.807) is 0 Å². The Balaban J connectivity index is 2.39. The number of hydrogen-bond acceptors (Lipinski definition) is 3. The quantitative estimate of drug-likeness (QED) is 0.583. The van der Waals surface area contributed by atoms with Crippen molar-refractivity contribution in [2.75, 3.05) is 0 Å². The topological polar surface area (TPSA) is 49.7 Å². The maximum Gasteiger partial charge on any atom is 0.192 e. The Morgan fingerprint density at radius 1 is 1.13 bits per heavy atom. The van der Waals surface area contributed by atoms with Crippen LogP contribution < -0.4 is 0 Å². The van der Waals surface area contributed by atoms with E-state index in [1.807, 2.05) is 6.08 Å². The SMILES string of the molecule is CC1(C)CC2=CC(O)C(O)C[C@]2(C)[C@@H](O[Si](C)(C)C(C)(C)C)C1. The molecule has 2 aliphatic rings. The summed E-state index contributed by atoms with van der Waals surface area (Å²) in [5, 5.41) is 20.5. The van der Waals surface area contributed by atoms with Crippen molar-refractivity contribution in [3.05, 3.63) is 11.6 Å². The fraction of sp³-hybridized carbons (Fsp3) is 0.895. The standard InChI is InChI=1S/C19H36O3Si/c1-17(2,3)23(7,8)22-16-12-18(4,5)10-13-9-14(20)15(21)11-19(13,16)6/h9,14-16,20-21H,10-12H2,1-8H3/t14?,15?,16-,19-/m0/s1. The Morgan fingerprint density at radius 2 is 1.70 bits per heavy atom. The summed E-state index contributed by atoms with van der Waals surface area (Å²) in [7, 11) is -1.89. The van der Waals surface area contributed by atoms with E-state index in [-0.39, 0.29) is 22.0 Å². The zero-order chi connectivity index (χ0) is 17.8. The highest BCUT2D eigenvalue weighted by atomic mass is 28.4. The molecular formula is C19H36O3Si. The molecule has 4 heteroatoms. The van der Waals surface area contributed by atoms with Crippen LogP contribution in [0.5, 0.6) is 0 Å². The van der Waals surface area contributed by atoms with Gasteiger partial charge in [-0.05, 0) is 42.8 Å². The molecule has 0 bridgehead atoms. The third-order valence-corrected chi connectivity index (χ3v) is 11.0. The number of aliphatic hydroxyl groups excluding tert-OH is 2. The van der Waals surface area contributed by atoms with Crippen molar-refractivity contribution in [1.82, 2.24) is 0 Å². The number of aliphatic hydroxyl groups is 2. The third-order valence-electron chi connectivity index (χ3n) is 6.49. The molecule has 0 aromatic rings. The number of rotatable bonds is 2. The first kappa shape index (κ1) is 19.2. The summed E-state index contributed by atoms with van der Waals surface area (Å²) in [5.41, 5.74) is 1.28. The highest BCUT2D eigenvalue weighted by molar-refractivity contribution is 6.74. The van der Waals surface area contributed by atoms with Crippen LogP contribution in [0.15, 0.2) is 11.6 Å². The van der Waals surface area contributed by atoms with E-state index in [4.69, 9.17) is 4.43 Å². The van der Waals surface area contributed by atoms with Gasteiger partial charge in [0, 0.05) is 5.41 Å². The molecule has 1 fully saturated rings. The molecule has 134 valence electrons. The first-order valence-corrected chi connectivity index (χ1v) is 11.8. The monoisotopic (exact) mass is 340 g/mol. The number of fused-ring (bicyclic) bond motifs is 1. The average molecular weight is 341 g/mol. The van der Waals surface area contributed by atoms with Gasteiger partial charge in [0.25, 0.3) is 0 Å². The minimum Gasteiger partial charge on any atom is -0.413 e. The van der Waals surface area contributed by atoms with Gasteiger partial charge in [-0.3, -0.25) is 0 Å². The summed E-state index contributed by atoms with van der Waals surface area (Å²) < 4.78 is 6.84. The van der Waals surface area contributed by atoms with Crippen LogP contribution in [0.2, 0.25) is 18.1 Å². The predicted molar refractivity (Wildman–Crippen MR) is 97.9 cm³/mol. The summed E-state index contributed by atoms with van der Waals surface area (Å²) in [4.78, 5) is 0. The molecule has 0 aromatic carbocycles. The summed E-state index contributed by atoms with van der Waals surface area (Å²) in [6.45, 7) is 18.2. The fourth-order valence-corrected chi connectivity index (χ4v) is 5.22. The minimum atomic E-state index is -1.89. The van der Waals surface area contributed by atoms with Gasteiger partial charge in [-0.1, -0.05) is 53.2 Å². The molecular weight excluding hydrogens is 304 g/mol. The largest absolute Gasteiger partial charge is 0.413 e. The molecule has 0 heterocycles. The molecule has 0 spiro atoms. The summed E-state index contributed by atoms with van der Waals surface area (Å²) in [5.74, 6) is 0. The molecule has 2 rings (SSSR count). The van der Waals surface area contributed by atoms with Gasteiger partial charge < -0.3 is 14.6 Å². The first-order chi connectivity index (χ1) is 10.2. The molecule has 0 saturated heterocycles. The van der Waals surface area contributed by atoms with Gasteiger partial charge in [-0.25, -0.2) is 0 Å². The van der Waals surface area contributed by atoms with Crippen LogP contribution in [-0.4, -0.2) is 36.8 Å². The van der Waals surface area contributed by atoms with Crippen molar-refractivity contribution in [2.24, 2.45) is 10.8 Å². The van der Waals surface area contributed by atoms with Crippen LogP contribution >= 0.6 is 0 Å². The summed E-state index contributed by atoms with van der Waals surface area (Å²) in [6, 6.07) is 0. The number of hydrogen-bond donors (Lipinski definition) is 2. The molecule has 4 atom stereocenters. The lowest BCUT2D eigenvalue weighted by atomic mass is 9.57. The van der Waals surface area contributed by atoms with Gasteiger partial charge in [0.2, 0.25) is 0 Å². The second kappa shape index (κ2) is 5.69. The van der Waals surface area contributed by atoms with E-state index in [2.05, 4.69) is 54.6 Å². The van der Waals surface area contributed by atoms with E-state index in [0.29, 0.717) is 6.42 Å². The Hall–Kier alpha value is -0.163. The zero-order valence-corrected chi connectivity index (χ0v) is 17.2. The second-order valence-corrected chi connectivity index (χ2v) is 15.0. The van der Waals surface area contributed by atoms with Crippen LogP contribution in [0, 0.1) is 10.8 Å². The van der Waals surface area contributed by atoms with Crippen LogP contribution in [0.3, 0.4) is 0 Å². The van der Waals surface area contributed by atoms with Crippen molar-refractivity contribution >= 4 is 8.32 Å². The van der Waals surface area contributed by atoms with Crippen LogP contribution in [0.25, 0.3) is 0 Å².